The van der Waals surface area contributed by atoms with Crippen molar-refractivity contribution in [3.8, 4) is 0 Å². The van der Waals surface area contributed by atoms with E-state index in [1.54, 1.807) is 24.3 Å². The van der Waals surface area contributed by atoms with Gasteiger partial charge < -0.3 is 25.9 Å². The molecule has 1 aliphatic rings. The Labute approximate surface area is 157 Å². The van der Waals surface area contributed by atoms with Gasteiger partial charge in [-0.25, -0.2) is 0 Å². The molecule has 3 atom stereocenters. The van der Waals surface area contributed by atoms with Crippen LogP contribution >= 0.6 is 11.6 Å². The number of quaternary nitrogens is 1. The fourth-order valence-corrected chi connectivity index (χ4v) is 3.12. The summed E-state index contributed by atoms with van der Waals surface area (Å²) in [6.07, 6.45) is 1.91. The molecule has 0 aliphatic carbocycles. The van der Waals surface area contributed by atoms with Crippen LogP contribution in [0.4, 0.5) is 0 Å². The topological polar surface area (TPSA) is 115 Å². The molecule has 0 radical (unpaired) electrons. The van der Waals surface area contributed by atoms with Crippen molar-refractivity contribution in [3.63, 3.8) is 0 Å². The molecule has 1 fully saturated rings. The Hall–Kier alpha value is -2.12. The minimum atomic E-state index is -1.34. The zero-order valence-corrected chi connectivity index (χ0v) is 15.4. The lowest BCUT2D eigenvalue weighted by Gasteiger charge is -2.21. The lowest BCUT2D eigenvalue weighted by atomic mass is 9.95. The second-order valence-electron chi connectivity index (χ2n) is 6.58. The number of hydrogen-bond acceptors (Lipinski definition) is 4. The molecule has 26 heavy (non-hydrogen) atoms. The summed E-state index contributed by atoms with van der Waals surface area (Å²) in [5, 5.41) is 18.7. The summed E-state index contributed by atoms with van der Waals surface area (Å²) in [6.45, 7) is 2.59. The molecular formula is C18H24ClN3O4. The van der Waals surface area contributed by atoms with Crippen LogP contribution in [0, 0.1) is 0 Å². The molecule has 8 heteroatoms. The first-order chi connectivity index (χ1) is 12.4. The van der Waals surface area contributed by atoms with Crippen molar-refractivity contribution in [2.45, 2.75) is 44.2 Å². The van der Waals surface area contributed by atoms with Crippen molar-refractivity contribution in [2.24, 2.45) is 0 Å². The van der Waals surface area contributed by atoms with E-state index >= 15 is 0 Å². The van der Waals surface area contributed by atoms with Gasteiger partial charge in [-0.3, -0.25) is 9.59 Å². The average molecular weight is 382 g/mol. The number of halogens is 1. The van der Waals surface area contributed by atoms with Crippen LogP contribution in [0.15, 0.2) is 24.3 Å². The molecule has 0 unspecified atom stereocenters. The average Bonchev–Trinajstić information content (AvgIpc) is 3.13. The Balaban J connectivity index is 2.01. The molecule has 2 rings (SSSR count). The minimum Gasteiger partial charge on any atom is -0.548 e. The van der Waals surface area contributed by atoms with E-state index in [1.807, 2.05) is 5.32 Å². The predicted octanol–water partition coefficient (Wildman–Crippen LogP) is -1.09. The number of nitrogens with two attached hydrogens (primary N) is 1. The van der Waals surface area contributed by atoms with Gasteiger partial charge >= 0.3 is 0 Å². The van der Waals surface area contributed by atoms with E-state index in [0.717, 1.165) is 24.9 Å². The van der Waals surface area contributed by atoms with Crippen LogP contribution < -0.4 is 21.1 Å². The number of hydrogen-bond donors (Lipinski definition) is 3. The van der Waals surface area contributed by atoms with Gasteiger partial charge in [0, 0.05) is 36.7 Å². The summed E-state index contributed by atoms with van der Waals surface area (Å²) >= 11 is 5.91. The number of aliphatic carboxylic acids is 1. The Bertz CT molecular complexity index is 644. The quantitative estimate of drug-likeness (QED) is 0.530. The summed E-state index contributed by atoms with van der Waals surface area (Å²) in [4.78, 5) is 35.2. The number of carbonyl (C=O) groups is 3. The molecule has 2 amide bonds. The lowest BCUT2D eigenvalue weighted by Crippen LogP contribution is -2.89. The normalized spacial score (nSPS) is 18.8. The number of nitrogens with one attached hydrogen (secondary N) is 2. The van der Waals surface area contributed by atoms with Gasteiger partial charge in [0.05, 0.1) is 18.6 Å². The van der Waals surface area contributed by atoms with Crippen molar-refractivity contribution >= 4 is 29.4 Å². The second-order valence-corrected chi connectivity index (χ2v) is 7.02. The summed E-state index contributed by atoms with van der Waals surface area (Å²) in [6, 6.07) is 5.90. The van der Waals surface area contributed by atoms with Crippen LogP contribution in [-0.2, 0) is 14.4 Å². The number of carboxylic acid groups (broad SMARTS) is 1. The maximum Gasteiger partial charge on any atom is 0.278 e. The highest BCUT2D eigenvalue weighted by atomic mass is 35.5. The first kappa shape index (κ1) is 20.2. The van der Waals surface area contributed by atoms with E-state index in [4.69, 9.17) is 11.6 Å². The summed E-state index contributed by atoms with van der Waals surface area (Å²) in [5.74, 6) is -2.08. The molecule has 0 aromatic heterocycles. The largest absolute Gasteiger partial charge is 0.548 e. The number of carboxylic acids is 1. The smallest absolute Gasteiger partial charge is 0.278 e. The third-order valence-corrected chi connectivity index (χ3v) is 4.79. The highest BCUT2D eigenvalue weighted by molar-refractivity contribution is 6.30. The van der Waals surface area contributed by atoms with E-state index < -0.39 is 17.9 Å². The van der Waals surface area contributed by atoms with Crippen LogP contribution in [0.5, 0.6) is 0 Å². The summed E-state index contributed by atoms with van der Waals surface area (Å²) < 4.78 is 0. The Morgan fingerprint density at radius 2 is 2.00 bits per heavy atom. The third-order valence-electron chi connectivity index (χ3n) is 4.53. The van der Waals surface area contributed by atoms with E-state index in [-0.39, 0.29) is 30.8 Å². The zero-order valence-electron chi connectivity index (χ0n) is 14.7. The molecule has 7 nitrogen and oxygen atoms in total. The van der Waals surface area contributed by atoms with E-state index in [9.17, 15) is 19.5 Å². The molecule has 0 bridgehead atoms. The Morgan fingerprint density at radius 3 is 2.58 bits per heavy atom. The molecular weight excluding hydrogens is 358 g/mol. The fraction of sp³-hybridized carbons (Fsp3) is 0.500. The van der Waals surface area contributed by atoms with E-state index in [2.05, 4.69) is 10.6 Å². The molecule has 142 valence electrons. The van der Waals surface area contributed by atoms with Gasteiger partial charge in [-0.05, 0) is 24.6 Å². The molecule has 1 heterocycles. The van der Waals surface area contributed by atoms with Crippen molar-refractivity contribution in [2.75, 3.05) is 13.1 Å². The van der Waals surface area contributed by atoms with Crippen LogP contribution in [0.2, 0.25) is 5.02 Å². The van der Waals surface area contributed by atoms with Gasteiger partial charge in [0.25, 0.3) is 5.91 Å². The van der Waals surface area contributed by atoms with Gasteiger partial charge in [-0.15, -0.1) is 0 Å². The monoisotopic (exact) mass is 381 g/mol. The van der Waals surface area contributed by atoms with Gasteiger partial charge in [0.2, 0.25) is 5.91 Å². The van der Waals surface area contributed by atoms with Crippen molar-refractivity contribution in [1.29, 1.82) is 0 Å². The summed E-state index contributed by atoms with van der Waals surface area (Å²) in [5.41, 5.74) is 0.848. The molecule has 1 saturated heterocycles. The second kappa shape index (κ2) is 9.54. The van der Waals surface area contributed by atoms with Crippen molar-refractivity contribution in [3.05, 3.63) is 34.9 Å². The predicted molar refractivity (Wildman–Crippen MR) is 94.2 cm³/mol. The van der Waals surface area contributed by atoms with Crippen LogP contribution in [0.1, 0.15) is 37.7 Å². The lowest BCUT2D eigenvalue weighted by molar-refractivity contribution is -0.657. The molecule has 1 aromatic carbocycles. The number of amides is 2. The Kier molecular flexibility index (Phi) is 7.41. The van der Waals surface area contributed by atoms with Crippen LogP contribution in [0.25, 0.3) is 0 Å². The van der Waals surface area contributed by atoms with Crippen LogP contribution in [0.3, 0.4) is 0 Å². The molecule has 1 aromatic rings. The fourth-order valence-electron chi connectivity index (χ4n) is 2.99. The SMILES string of the molecule is C[C@H](NC(=O)C[C@H](CNC(=O)[C@@H]1CCC[NH2+]1)c1ccc(Cl)cc1)C(=O)[O-]. The molecule has 4 N–H and O–H groups in total. The van der Waals surface area contributed by atoms with E-state index in [1.165, 1.54) is 6.92 Å². The zero-order chi connectivity index (χ0) is 19.1. The molecule has 0 saturated carbocycles. The summed E-state index contributed by atoms with van der Waals surface area (Å²) in [7, 11) is 0. The van der Waals surface area contributed by atoms with Gasteiger partial charge in [-0.1, -0.05) is 23.7 Å². The number of carbonyl (C=O) groups excluding carboxylic acids is 3. The van der Waals surface area contributed by atoms with Gasteiger partial charge in [0.15, 0.2) is 6.04 Å². The first-order valence-corrected chi connectivity index (χ1v) is 9.11. The van der Waals surface area contributed by atoms with Crippen LogP contribution in [-0.4, -0.2) is 43.0 Å². The molecule has 1 aliphatic heterocycles. The van der Waals surface area contributed by atoms with E-state index in [0.29, 0.717) is 5.02 Å². The highest BCUT2D eigenvalue weighted by Gasteiger charge is 2.27. The Morgan fingerprint density at radius 1 is 1.31 bits per heavy atom. The van der Waals surface area contributed by atoms with Gasteiger partial charge in [0.1, 0.15) is 0 Å². The standard InChI is InChI=1S/C18H24ClN3O4/c1-11(18(25)26)22-16(23)9-13(12-4-6-14(19)7-5-12)10-21-17(24)15-3-2-8-20-15/h4-7,11,13,15,20H,2-3,8-10H2,1H3,(H,21,24)(H,22,23)(H,25,26)/t11-,13+,15-/m0/s1. The van der Waals surface area contributed by atoms with Crippen molar-refractivity contribution < 1.29 is 24.8 Å². The maximum atomic E-state index is 12.2. The van der Waals surface area contributed by atoms with Gasteiger partial charge in [-0.2, -0.15) is 0 Å². The minimum absolute atomic E-state index is 0.0371. The maximum absolute atomic E-state index is 12.2. The number of rotatable bonds is 8. The third kappa shape index (κ3) is 6.00. The first-order valence-electron chi connectivity index (χ1n) is 8.73. The number of benzene rings is 1. The molecule has 0 spiro atoms. The highest BCUT2D eigenvalue weighted by Crippen LogP contribution is 2.21. The van der Waals surface area contributed by atoms with Crippen molar-refractivity contribution in [1.82, 2.24) is 10.6 Å².